The third-order valence-electron chi connectivity index (χ3n) is 4.43. The minimum atomic E-state index is -1.31. The first-order valence-corrected chi connectivity index (χ1v) is 10.1. The van der Waals surface area contributed by atoms with Crippen molar-refractivity contribution in [2.45, 2.75) is 44.8 Å². The summed E-state index contributed by atoms with van der Waals surface area (Å²) in [4.78, 5) is 44.4. The predicted octanol–water partition coefficient (Wildman–Crippen LogP) is 0.570. The molecule has 7 N–H and O–H groups in total. The predicted molar refractivity (Wildman–Crippen MR) is 116 cm³/mol. The Labute approximate surface area is 185 Å². The van der Waals surface area contributed by atoms with Gasteiger partial charge in [-0.3, -0.25) is 4.79 Å². The van der Waals surface area contributed by atoms with Crippen LogP contribution in [0.1, 0.15) is 38.2 Å². The summed E-state index contributed by atoms with van der Waals surface area (Å²) in [6.45, 7) is 1.84. The first kappa shape index (κ1) is 24.4. The number of oxime groups is 1. The van der Waals surface area contributed by atoms with Crippen molar-refractivity contribution in [2.24, 2.45) is 21.6 Å². The van der Waals surface area contributed by atoms with Gasteiger partial charge in [-0.25, -0.2) is 14.6 Å². The highest BCUT2D eigenvalue weighted by Crippen LogP contribution is 2.21. The lowest BCUT2D eigenvalue weighted by atomic mass is 10.0. The van der Waals surface area contributed by atoms with Gasteiger partial charge >= 0.3 is 12.1 Å². The molecule has 0 spiro atoms. The molecule has 174 valence electrons. The molecule has 2 amide bonds. The molecule has 0 unspecified atom stereocenters. The standard InChI is InChI=1S/C20H28N6O6/c1-2-3-8-31-20(30)25-16(18(28)29)11-23-17(27)10-14-9-15(26-32-14)12-4-6-13(7-5-12)24-19(21)22/h4-7,14,16H,2-3,8-11H2,1H3,(H,23,27)(H,25,30)(H,28,29)(H4,21,22,24)/t14-,16+/m1/s1. The van der Waals surface area contributed by atoms with Crippen LogP contribution in [0.25, 0.3) is 0 Å². The van der Waals surface area contributed by atoms with Gasteiger partial charge in [0.25, 0.3) is 0 Å². The molecule has 1 heterocycles. The third kappa shape index (κ3) is 8.13. The van der Waals surface area contributed by atoms with Crippen LogP contribution in [-0.4, -0.2) is 60.0 Å². The summed E-state index contributed by atoms with van der Waals surface area (Å²) in [5.41, 5.74) is 12.8. The number of aliphatic imine (C=N–C) groups is 1. The Balaban J connectivity index is 1.78. The Morgan fingerprint density at radius 2 is 2.03 bits per heavy atom. The highest BCUT2D eigenvalue weighted by molar-refractivity contribution is 6.01. The van der Waals surface area contributed by atoms with E-state index >= 15 is 0 Å². The summed E-state index contributed by atoms with van der Waals surface area (Å²) < 4.78 is 4.88. The smallest absolute Gasteiger partial charge is 0.407 e. The van der Waals surface area contributed by atoms with E-state index in [2.05, 4.69) is 20.8 Å². The molecule has 12 heteroatoms. The molecule has 0 saturated heterocycles. The van der Waals surface area contributed by atoms with Crippen molar-refractivity contribution in [3.05, 3.63) is 29.8 Å². The highest BCUT2D eigenvalue weighted by Gasteiger charge is 2.26. The molecular formula is C20H28N6O6. The molecule has 1 aromatic carbocycles. The van der Waals surface area contributed by atoms with E-state index < -0.39 is 30.1 Å². The van der Waals surface area contributed by atoms with Crippen molar-refractivity contribution in [1.29, 1.82) is 0 Å². The Morgan fingerprint density at radius 1 is 1.31 bits per heavy atom. The zero-order valence-electron chi connectivity index (χ0n) is 17.7. The number of carbonyl (C=O) groups is 3. The van der Waals surface area contributed by atoms with Crippen LogP contribution in [-0.2, 0) is 19.2 Å². The van der Waals surface area contributed by atoms with Crippen LogP contribution in [0.4, 0.5) is 10.5 Å². The number of nitrogens with one attached hydrogen (secondary N) is 2. The van der Waals surface area contributed by atoms with Gasteiger partial charge in [0, 0.05) is 13.0 Å². The quantitative estimate of drug-likeness (QED) is 0.184. The van der Waals surface area contributed by atoms with Crippen molar-refractivity contribution in [1.82, 2.24) is 10.6 Å². The van der Waals surface area contributed by atoms with Crippen LogP contribution in [0.3, 0.4) is 0 Å². The number of amides is 2. The summed E-state index contributed by atoms with van der Waals surface area (Å²) in [5, 5.41) is 17.9. The largest absolute Gasteiger partial charge is 0.480 e. The fourth-order valence-electron chi connectivity index (χ4n) is 2.77. The first-order valence-electron chi connectivity index (χ1n) is 10.1. The lowest BCUT2D eigenvalue weighted by molar-refractivity contribution is -0.139. The summed E-state index contributed by atoms with van der Waals surface area (Å²) in [6, 6.07) is 5.71. The van der Waals surface area contributed by atoms with Crippen LogP contribution in [0.2, 0.25) is 0 Å². The van der Waals surface area contributed by atoms with Crippen molar-refractivity contribution >= 4 is 35.3 Å². The number of rotatable bonds is 11. The Hall–Kier alpha value is -3.83. The number of unbranched alkanes of at least 4 members (excludes halogenated alkanes) is 1. The number of carbonyl (C=O) groups excluding carboxylic acids is 2. The van der Waals surface area contributed by atoms with Gasteiger partial charge < -0.3 is 36.8 Å². The molecule has 1 aromatic rings. The second-order valence-corrected chi connectivity index (χ2v) is 7.09. The third-order valence-corrected chi connectivity index (χ3v) is 4.43. The average Bonchev–Trinajstić information content (AvgIpc) is 3.19. The van der Waals surface area contributed by atoms with Gasteiger partial charge in [0.15, 0.2) is 5.96 Å². The first-order chi connectivity index (χ1) is 15.3. The molecule has 1 aliphatic heterocycles. The Bertz CT molecular complexity index is 866. The fourth-order valence-corrected chi connectivity index (χ4v) is 2.77. The van der Waals surface area contributed by atoms with E-state index in [1.54, 1.807) is 24.3 Å². The number of benzene rings is 1. The van der Waals surface area contributed by atoms with Crippen molar-refractivity contribution < 1.29 is 29.1 Å². The molecule has 12 nitrogen and oxygen atoms in total. The van der Waals surface area contributed by atoms with Gasteiger partial charge in [0.2, 0.25) is 5.91 Å². The summed E-state index contributed by atoms with van der Waals surface area (Å²) in [7, 11) is 0. The van der Waals surface area contributed by atoms with E-state index in [1.807, 2.05) is 6.92 Å². The minimum Gasteiger partial charge on any atom is -0.480 e. The van der Waals surface area contributed by atoms with Crippen LogP contribution < -0.4 is 22.1 Å². The number of carboxylic acid groups (broad SMARTS) is 1. The maximum absolute atomic E-state index is 12.2. The van der Waals surface area contributed by atoms with E-state index in [9.17, 15) is 19.5 Å². The number of nitrogens with zero attached hydrogens (tertiary/aromatic N) is 2. The Kier molecular flexibility index (Phi) is 9.26. The molecule has 32 heavy (non-hydrogen) atoms. The molecule has 0 bridgehead atoms. The van der Waals surface area contributed by atoms with Crippen molar-refractivity contribution in [2.75, 3.05) is 13.2 Å². The van der Waals surface area contributed by atoms with E-state index in [4.69, 9.17) is 21.0 Å². The zero-order chi connectivity index (χ0) is 23.5. The average molecular weight is 448 g/mol. The van der Waals surface area contributed by atoms with E-state index in [-0.39, 0.29) is 25.5 Å². The number of hydrogen-bond donors (Lipinski definition) is 5. The van der Waals surface area contributed by atoms with Crippen LogP contribution in [0, 0.1) is 0 Å². The molecule has 0 aliphatic carbocycles. The van der Waals surface area contributed by atoms with Gasteiger partial charge in [-0.2, -0.15) is 0 Å². The fraction of sp³-hybridized carbons (Fsp3) is 0.450. The normalized spacial score (nSPS) is 15.7. The van der Waals surface area contributed by atoms with Crippen molar-refractivity contribution in [3.8, 4) is 0 Å². The number of aliphatic carboxylic acids is 1. The zero-order valence-corrected chi connectivity index (χ0v) is 17.7. The topological polar surface area (TPSA) is 191 Å². The second-order valence-electron chi connectivity index (χ2n) is 7.09. The molecular weight excluding hydrogens is 420 g/mol. The number of carboxylic acids is 1. The molecule has 2 atom stereocenters. The van der Waals surface area contributed by atoms with Crippen LogP contribution in [0.15, 0.2) is 34.4 Å². The molecule has 1 aliphatic rings. The van der Waals surface area contributed by atoms with Gasteiger partial charge in [0.05, 0.1) is 24.4 Å². The number of nitrogens with two attached hydrogens (primary N) is 2. The van der Waals surface area contributed by atoms with Crippen LogP contribution in [0.5, 0.6) is 0 Å². The summed E-state index contributed by atoms with van der Waals surface area (Å²) in [5.74, 6) is -1.76. The molecule has 2 rings (SSSR count). The van der Waals surface area contributed by atoms with Crippen LogP contribution >= 0.6 is 0 Å². The van der Waals surface area contributed by atoms with E-state index in [0.29, 0.717) is 24.2 Å². The van der Waals surface area contributed by atoms with Gasteiger partial charge in [-0.15, -0.1) is 0 Å². The Morgan fingerprint density at radius 3 is 2.66 bits per heavy atom. The monoisotopic (exact) mass is 448 g/mol. The lowest BCUT2D eigenvalue weighted by Crippen LogP contribution is -2.48. The van der Waals surface area contributed by atoms with E-state index in [0.717, 1.165) is 12.0 Å². The number of ether oxygens (including phenoxy) is 1. The number of alkyl carbamates (subject to hydrolysis) is 1. The molecule has 0 radical (unpaired) electrons. The SMILES string of the molecule is CCCCOC(=O)N[C@@H](CNC(=O)C[C@H]1CC(c2ccc(N=C(N)N)cc2)=NO1)C(=O)O. The highest BCUT2D eigenvalue weighted by atomic mass is 16.6. The molecule has 0 aromatic heterocycles. The molecule has 0 fully saturated rings. The summed E-state index contributed by atoms with van der Waals surface area (Å²) in [6.07, 6.45) is 0.559. The van der Waals surface area contributed by atoms with E-state index in [1.165, 1.54) is 0 Å². The van der Waals surface area contributed by atoms with Gasteiger partial charge in [-0.05, 0) is 24.1 Å². The second kappa shape index (κ2) is 12.1. The minimum absolute atomic E-state index is 0.0215. The van der Waals surface area contributed by atoms with Crippen molar-refractivity contribution in [3.63, 3.8) is 0 Å². The number of hydrogen-bond acceptors (Lipinski definition) is 7. The lowest BCUT2D eigenvalue weighted by Gasteiger charge is -2.16. The maximum atomic E-state index is 12.2. The van der Waals surface area contributed by atoms with Gasteiger partial charge in [-0.1, -0.05) is 30.6 Å². The maximum Gasteiger partial charge on any atom is 0.407 e. The number of guanidine groups is 1. The molecule has 0 saturated carbocycles. The van der Waals surface area contributed by atoms with Gasteiger partial charge in [0.1, 0.15) is 12.1 Å². The summed E-state index contributed by atoms with van der Waals surface area (Å²) >= 11 is 0.